The average Bonchev–Trinajstić information content (AvgIpc) is 2.09. The van der Waals surface area contributed by atoms with Gasteiger partial charge < -0.3 is 0 Å². The van der Waals surface area contributed by atoms with Crippen molar-refractivity contribution in [2.45, 2.75) is 57.7 Å². The lowest BCUT2D eigenvalue weighted by atomic mass is 9.82. The lowest BCUT2D eigenvalue weighted by Crippen LogP contribution is -2.21. The first-order chi connectivity index (χ1) is 5.74. The molecule has 12 heavy (non-hydrogen) atoms. The Labute approximate surface area is 81.7 Å². The molecule has 0 bridgehead atoms. The van der Waals surface area contributed by atoms with Crippen molar-refractivity contribution in [1.82, 2.24) is 0 Å². The molecule has 1 saturated carbocycles. The monoisotopic (exact) mass is 188 g/mol. The van der Waals surface area contributed by atoms with Crippen LogP contribution in [0.1, 0.15) is 52.4 Å². The van der Waals surface area contributed by atoms with Gasteiger partial charge in [-0.05, 0) is 31.1 Å². The zero-order chi connectivity index (χ0) is 8.97. The Morgan fingerprint density at radius 2 is 2.00 bits per heavy atom. The average molecular weight is 189 g/mol. The van der Waals surface area contributed by atoms with Crippen molar-refractivity contribution in [3.05, 3.63) is 0 Å². The SMILES string of the molecule is CCC(C)CC1CCCCC1Cl. The highest BCUT2D eigenvalue weighted by Gasteiger charge is 2.23. The highest BCUT2D eigenvalue weighted by Crippen LogP contribution is 2.33. The summed E-state index contributed by atoms with van der Waals surface area (Å²) in [5.41, 5.74) is 0. The molecule has 3 atom stereocenters. The molecule has 0 radical (unpaired) electrons. The molecule has 1 heteroatoms. The van der Waals surface area contributed by atoms with E-state index in [9.17, 15) is 0 Å². The van der Waals surface area contributed by atoms with Gasteiger partial charge in [-0.15, -0.1) is 11.6 Å². The molecular weight excluding hydrogens is 168 g/mol. The first kappa shape index (κ1) is 10.4. The summed E-state index contributed by atoms with van der Waals surface area (Å²) >= 11 is 6.28. The molecule has 1 rings (SSSR count). The summed E-state index contributed by atoms with van der Waals surface area (Å²) in [6.45, 7) is 4.62. The zero-order valence-corrected chi connectivity index (χ0v) is 9.11. The largest absolute Gasteiger partial charge is 0.123 e. The van der Waals surface area contributed by atoms with E-state index in [-0.39, 0.29) is 0 Å². The van der Waals surface area contributed by atoms with Gasteiger partial charge in [-0.2, -0.15) is 0 Å². The second-order valence-corrected chi connectivity index (χ2v) is 4.87. The normalized spacial score (nSPS) is 33.2. The van der Waals surface area contributed by atoms with E-state index in [0.717, 1.165) is 11.8 Å². The fraction of sp³-hybridized carbons (Fsp3) is 1.00. The number of rotatable bonds is 3. The number of halogens is 1. The van der Waals surface area contributed by atoms with E-state index in [1.807, 2.05) is 0 Å². The predicted molar refractivity (Wildman–Crippen MR) is 55.7 cm³/mol. The molecular formula is C11H21Cl. The fourth-order valence-corrected chi connectivity index (χ4v) is 2.49. The Kier molecular flexibility index (Phi) is 4.42. The predicted octanol–water partition coefficient (Wildman–Crippen LogP) is 4.22. The van der Waals surface area contributed by atoms with Crippen LogP contribution in [0.15, 0.2) is 0 Å². The number of hydrogen-bond acceptors (Lipinski definition) is 0. The van der Waals surface area contributed by atoms with E-state index < -0.39 is 0 Å². The molecule has 0 nitrogen and oxygen atoms in total. The first-order valence-corrected chi connectivity index (χ1v) is 5.81. The van der Waals surface area contributed by atoms with Crippen LogP contribution in [0.4, 0.5) is 0 Å². The lowest BCUT2D eigenvalue weighted by Gasteiger charge is -2.28. The van der Waals surface area contributed by atoms with Gasteiger partial charge in [0.1, 0.15) is 0 Å². The van der Waals surface area contributed by atoms with Crippen LogP contribution in [0.2, 0.25) is 0 Å². The second-order valence-electron chi connectivity index (χ2n) is 4.31. The van der Waals surface area contributed by atoms with Gasteiger partial charge in [0.05, 0.1) is 0 Å². The maximum Gasteiger partial charge on any atom is 0.0364 e. The van der Waals surface area contributed by atoms with Gasteiger partial charge in [-0.1, -0.05) is 33.1 Å². The molecule has 0 heterocycles. The number of alkyl halides is 1. The maximum atomic E-state index is 6.28. The van der Waals surface area contributed by atoms with Crippen molar-refractivity contribution in [3.63, 3.8) is 0 Å². The van der Waals surface area contributed by atoms with Crippen molar-refractivity contribution in [1.29, 1.82) is 0 Å². The quantitative estimate of drug-likeness (QED) is 0.582. The smallest absolute Gasteiger partial charge is 0.0364 e. The first-order valence-electron chi connectivity index (χ1n) is 5.38. The standard InChI is InChI=1S/C11H21Cl/c1-3-9(2)8-10-6-4-5-7-11(10)12/h9-11H,3-8H2,1-2H3. The van der Waals surface area contributed by atoms with Gasteiger partial charge in [0.25, 0.3) is 0 Å². The van der Waals surface area contributed by atoms with E-state index in [1.165, 1.54) is 38.5 Å². The third kappa shape index (κ3) is 2.97. The van der Waals surface area contributed by atoms with Crippen molar-refractivity contribution in [2.24, 2.45) is 11.8 Å². The number of hydrogen-bond donors (Lipinski definition) is 0. The molecule has 3 unspecified atom stereocenters. The summed E-state index contributed by atoms with van der Waals surface area (Å²) in [4.78, 5) is 0. The summed E-state index contributed by atoms with van der Waals surface area (Å²) in [5, 5.41) is 0.479. The minimum atomic E-state index is 0.479. The Morgan fingerprint density at radius 1 is 1.33 bits per heavy atom. The van der Waals surface area contributed by atoms with Crippen LogP contribution < -0.4 is 0 Å². The Balaban J connectivity index is 2.28. The Morgan fingerprint density at radius 3 is 2.58 bits per heavy atom. The van der Waals surface area contributed by atoms with Gasteiger partial charge in [0.15, 0.2) is 0 Å². The van der Waals surface area contributed by atoms with Crippen LogP contribution >= 0.6 is 11.6 Å². The van der Waals surface area contributed by atoms with Gasteiger partial charge in [0, 0.05) is 5.38 Å². The molecule has 0 aromatic rings. The molecule has 1 aliphatic rings. The van der Waals surface area contributed by atoms with E-state index in [2.05, 4.69) is 13.8 Å². The highest BCUT2D eigenvalue weighted by molar-refractivity contribution is 6.20. The third-order valence-electron chi connectivity index (χ3n) is 3.22. The van der Waals surface area contributed by atoms with Crippen LogP contribution in [0.3, 0.4) is 0 Å². The zero-order valence-electron chi connectivity index (χ0n) is 8.35. The molecule has 0 N–H and O–H groups in total. The molecule has 0 saturated heterocycles. The summed E-state index contributed by atoms with van der Waals surface area (Å²) in [6, 6.07) is 0. The van der Waals surface area contributed by atoms with Crippen molar-refractivity contribution in [3.8, 4) is 0 Å². The summed E-state index contributed by atoms with van der Waals surface area (Å²) in [7, 11) is 0. The minimum Gasteiger partial charge on any atom is -0.123 e. The molecule has 1 fully saturated rings. The van der Waals surface area contributed by atoms with E-state index >= 15 is 0 Å². The molecule has 0 amide bonds. The molecule has 0 aliphatic heterocycles. The second kappa shape index (κ2) is 5.11. The third-order valence-corrected chi connectivity index (χ3v) is 3.79. The molecule has 0 aromatic carbocycles. The maximum absolute atomic E-state index is 6.28. The van der Waals surface area contributed by atoms with Gasteiger partial charge in [0.2, 0.25) is 0 Å². The van der Waals surface area contributed by atoms with Gasteiger partial charge in [-0.3, -0.25) is 0 Å². The van der Waals surface area contributed by atoms with Crippen LogP contribution in [0.25, 0.3) is 0 Å². The minimum absolute atomic E-state index is 0.479. The van der Waals surface area contributed by atoms with Crippen molar-refractivity contribution >= 4 is 11.6 Å². The van der Waals surface area contributed by atoms with Gasteiger partial charge >= 0.3 is 0 Å². The fourth-order valence-electron chi connectivity index (χ4n) is 2.11. The van der Waals surface area contributed by atoms with E-state index in [0.29, 0.717) is 5.38 Å². The van der Waals surface area contributed by atoms with Crippen molar-refractivity contribution in [2.75, 3.05) is 0 Å². The van der Waals surface area contributed by atoms with Crippen LogP contribution in [0, 0.1) is 11.8 Å². The molecule has 72 valence electrons. The van der Waals surface area contributed by atoms with E-state index in [1.54, 1.807) is 0 Å². The van der Waals surface area contributed by atoms with E-state index in [4.69, 9.17) is 11.6 Å². The Hall–Kier alpha value is 0.290. The summed E-state index contributed by atoms with van der Waals surface area (Å²) in [6.07, 6.45) is 8.04. The molecule has 0 spiro atoms. The summed E-state index contributed by atoms with van der Waals surface area (Å²) < 4.78 is 0. The van der Waals surface area contributed by atoms with Crippen LogP contribution in [0.5, 0.6) is 0 Å². The lowest BCUT2D eigenvalue weighted by molar-refractivity contribution is 0.298. The Bertz CT molecular complexity index is 122. The van der Waals surface area contributed by atoms with Gasteiger partial charge in [-0.25, -0.2) is 0 Å². The van der Waals surface area contributed by atoms with Crippen LogP contribution in [-0.2, 0) is 0 Å². The molecule has 0 aromatic heterocycles. The highest BCUT2D eigenvalue weighted by atomic mass is 35.5. The van der Waals surface area contributed by atoms with Crippen molar-refractivity contribution < 1.29 is 0 Å². The summed E-state index contributed by atoms with van der Waals surface area (Å²) in [5.74, 6) is 1.68. The topological polar surface area (TPSA) is 0 Å². The van der Waals surface area contributed by atoms with Crippen LogP contribution in [-0.4, -0.2) is 5.38 Å². The molecule has 1 aliphatic carbocycles.